The maximum absolute atomic E-state index is 12.2. The van der Waals surface area contributed by atoms with Crippen molar-refractivity contribution in [3.05, 3.63) is 34.9 Å². The number of benzene rings is 1. The van der Waals surface area contributed by atoms with E-state index < -0.39 is 21.3 Å². The summed E-state index contributed by atoms with van der Waals surface area (Å²) in [7, 11) is -3.59. The summed E-state index contributed by atoms with van der Waals surface area (Å²) in [6.07, 6.45) is 0.340. The zero-order valence-electron chi connectivity index (χ0n) is 10.8. The van der Waals surface area contributed by atoms with E-state index in [1.807, 2.05) is 0 Å². The minimum absolute atomic E-state index is 0.0201. The molecule has 0 amide bonds. The van der Waals surface area contributed by atoms with Crippen LogP contribution in [0.3, 0.4) is 0 Å². The molecule has 106 valence electrons. The van der Waals surface area contributed by atoms with E-state index in [0.29, 0.717) is 11.4 Å². The van der Waals surface area contributed by atoms with Crippen LogP contribution < -0.4 is 10.5 Å². The smallest absolute Gasteiger partial charge is 0.221 e. The number of thiocarbonyl (C=S) groups is 1. The molecule has 0 aliphatic carbocycles. The molecule has 1 aromatic carbocycles. The van der Waals surface area contributed by atoms with Crippen molar-refractivity contribution in [1.29, 1.82) is 0 Å². The SMILES string of the molecule is CCC(C(N)=S)S(=O)(=O)NC(C)c1cccc(Cl)c1. The van der Waals surface area contributed by atoms with Crippen molar-refractivity contribution in [1.82, 2.24) is 4.72 Å². The number of hydrogen-bond acceptors (Lipinski definition) is 3. The Morgan fingerprint density at radius 1 is 1.53 bits per heavy atom. The molecule has 0 radical (unpaired) electrons. The van der Waals surface area contributed by atoms with Gasteiger partial charge in [0.1, 0.15) is 5.25 Å². The number of nitrogens with two attached hydrogens (primary N) is 1. The molecule has 0 aliphatic heterocycles. The number of rotatable bonds is 6. The van der Waals surface area contributed by atoms with Gasteiger partial charge in [0.25, 0.3) is 0 Å². The van der Waals surface area contributed by atoms with Gasteiger partial charge < -0.3 is 5.73 Å². The third-order valence-corrected chi connectivity index (χ3v) is 5.44. The second kappa shape index (κ2) is 6.65. The quantitative estimate of drug-likeness (QED) is 0.789. The van der Waals surface area contributed by atoms with Gasteiger partial charge in [0, 0.05) is 11.1 Å². The Balaban J connectivity index is 2.92. The van der Waals surface area contributed by atoms with Crippen LogP contribution in [0.5, 0.6) is 0 Å². The number of halogens is 1. The molecule has 0 fully saturated rings. The van der Waals surface area contributed by atoms with Gasteiger partial charge in [-0.3, -0.25) is 0 Å². The molecule has 3 N–H and O–H groups in total. The maximum atomic E-state index is 12.2. The summed E-state index contributed by atoms with van der Waals surface area (Å²) in [5.41, 5.74) is 6.25. The predicted molar refractivity (Wildman–Crippen MR) is 82.8 cm³/mol. The highest BCUT2D eigenvalue weighted by Crippen LogP contribution is 2.19. The van der Waals surface area contributed by atoms with Crippen LogP contribution in [-0.4, -0.2) is 18.7 Å². The largest absolute Gasteiger partial charge is 0.392 e. The molecule has 0 saturated heterocycles. The maximum Gasteiger partial charge on any atom is 0.221 e. The van der Waals surface area contributed by atoms with Crippen molar-refractivity contribution in [3.63, 3.8) is 0 Å². The highest BCUT2D eigenvalue weighted by molar-refractivity contribution is 7.93. The number of nitrogens with one attached hydrogen (secondary N) is 1. The van der Waals surface area contributed by atoms with Gasteiger partial charge in [-0.25, -0.2) is 13.1 Å². The van der Waals surface area contributed by atoms with Crippen molar-refractivity contribution in [2.75, 3.05) is 0 Å². The van der Waals surface area contributed by atoms with E-state index in [1.54, 1.807) is 38.1 Å². The Kier molecular flexibility index (Phi) is 5.73. The lowest BCUT2D eigenvalue weighted by atomic mass is 10.1. The van der Waals surface area contributed by atoms with Gasteiger partial charge in [-0.15, -0.1) is 0 Å². The molecule has 4 nitrogen and oxygen atoms in total. The van der Waals surface area contributed by atoms with E-state index in [1.165, 1.54) is 0 Å². The van der Waals surface area contributed by atoms with Gasteiger partial charge in [-0.1, -0.05) is 42.9 Å². The van der Waals surface area contributed by atoms with Gasteiger partial charge in [0.05, 0.1) is 4.99 Å². The molecule has 1 rings (SSSR count). The van der Waals surface area contributed by atoms with Crippen molar-refractivity contribution < 1.29 is 8.42 Å². The minimum Gasteiger partial charge on any atom is -0.392 e. The molecule has 0 aromatic heterocycles. The fraction of sp³-hybridized carbons (Fsp3) is 0.417. The van der Waals surface area contributed by atoms with Crippen molar-refractivity contribution >= 4 is 38.8 Å². The topological polar surface area (TPSA) is 72.2 Å². The molecule has 19 heavy (non-hydrogen) atoms. The Labute approximate surface area is 124 Å². The van der Waals surface area contributed by atoms with Crippen LogP contribution in [0.4, 0.5) is 0 Å². The van der Waals surface area contributed by atoms with Crippen LogP contribution in [0, 0.1) is 0 Å². The first-order chi connectivity index (χ1) is 8.77. The molecule has 0 heterocycles. The van der Waals surface area contributed by atoms with E-state index in [2.05, 4.69) is 4.72 Å². The molecular formula is C12H17ClN2O2S2. The number of hydrogen-bond donors (Lipinski definition) is 2. The highest BCUT2D eigenvalue weighted by atomic mass is 35.5. The zero-order valence-corrected chi connectivity index (χ0v) is 13.1. The molecule has 2 atom stereocenters. The van der Waals surface area contributed by atoms with Crippen molar-refractivity contribution in [2.24, 2.45) is 5.73 Å². The first-order valence-electron chi connectivity index (χ1n) is 5.84. The van der Waals surface area contributed by atoms with Gasteiger partial charge in [0.2, 0.25) is 10.0 Å². The van der Waals surface area contributed by atoms with E-state index in [0.717, 1.165) is 5.56 Å². The summed E-state index contributed by atoms with van der Waals surface area (Å²) in [5, 5.41) is -0.297. The van der Waals surface area contributed by atoms with Gasteiger partial charge in [0.15, 0.2) is 0 Å². The first kappa shape index (κ1) is 16.4. The Morgan fingerprint density at radius 2 is 2.16 bits per heavy atom. The Bertz CT molecular complexity index is 561. The van der Waals surface area contributed by atoms with E-state index >= 15 is 0 Å². The molecule has 1 aromatic rings. The van der Waals surface area contributed by atoms with Crippen LogP contribution in [0.15, 0.2) is 24.3 Å². The van der Waals surface area contributed by atoms with E-state index in [4.69, 9.17) is 29.6 Å². The summed E-state index contributed by atoms with van der Waals surface area (Å²) in [6.45, 7) is 3.47. The lowest BCUT2D eigenvalue weighted by Gasteiger charge is -2.20. The van der Waals surface area contributed by atoms with Crippen LogP contribution in [0.25, 0.3) is 0 Å². The van der Waals surface area contributed by atoms with Crippen LogP contribution in [-0.2, 0) is 10.0 Å². The van der Waals surface area contributed by atoms with Crippen LogP contribution in [0.2, 0.25) is 5.02 Å². The Morgan fingerprint density at radius 3 is 2.63 bits per heavy atom. The van der Waals surface area contributed by atoms with Crippen molar-refractivity contribution in [2.45, 2.75) is 31.6 Å². The molecule has 0 aliphatic rings. The third kappa shape index (κ3) is 4.42. The average Bonchev–Trinajstić information content (AvgIpc) is 2.28. The lowest BCUT2D eigenvalue weighted by molar-refractivity contribution is 0.560. The average molecular weight is 321 g/mol. The van der Waals surface area contributed by atoms with Gasteiger partial charge in [-0.05, 0) is 31.0 Å². The zero-order chi connectivity index (χ0) is 14.6. The summed E-state index contributed by atoms with van der Waals surface area (Å²) in [6, 6.07) is 6.63. The summed E-state index contributed by atoms with van der Waals surface area (Å²) < 4.78 is 26.9. The fourth-order valence-electron chi connectivity index (χ4n) is 1.75. The molecule has 7 heteroatoms. The first-order valence-corrected chi connectivity index (χ1v) is 8.17. The minimum atomic E-state index is -3.59. The molecule has 2 unspecified atom stereocenters. The van der Waals surface area contributed by atoms with E-state index in [-0.39, 0.29) is 4.99 Å². The van der Waals surface area contributed by atoms with Crippen LogP contribution in [0.1, 0.15) is 31.9 Å². The lowest BCUT2D eigenvalue weighted by Crippen LogP contribution is -2.42. The van der Waals surface area contributed by atoms with Gasteiger partial charge >= 0.3 is 0 Å². The van der Waals surface area contributed by atoms with E-state index in [9.17, 15) is 8.42 Å². The second-order valence-corrected chi connectivity index (χ2v) is 7.04. The van der Waals surface area contributed by atoms with Gasteiger partial charge in [-0.2, -0.15) is 0 Å². The molecular weight excluding hydrogens is 304 g/mol. The summed E-state index contributed by atoms with van der Waals surface area (Å²) in [5.74, 6) is 0. The highest BCUT2D eigenvalue weighted by Gasteiger charge is 2.28. The summed E-state index contributed by atoms with van der Waals surface area (Å²) >= 11 is 10.7. The second-order valence-electron chi connectivity index (χ2n) is 4.24. The molecule has 0 spiro atoms. The standard InChI is InChI=1S/C12H17ClN2O2S2/c1-3-11(12(14)18)19(16,17)15-8(2)9-5-4-6-10(13)7-9/h4-8,11,15H,3H2,1-2H3,(H2,14,18). The normalized spacial score (nSPS) is 14.9. The fourth-order valence-corrected chi connectivity index (χ4v) is 4.03. The third-order valence-electron chi connectivity index (χ3n) is 2.75. The molecule has 0 saturated carbocycles. The number of sulfonamides is 1. The molecule has 0 bridgehead atoms. The monoisotopic (exact) mass is 320 g/mol. The summed E-state index contributed by atoms with van der Waals surface area (Å²) in [4.78, 5) is -0.0201. The predicted octanol–water partition coefficient (Wildman–Crippen LogP) is 2.39. The van der Waals surface area contributed by atoms with Crippen LogP contribution >= 0.6 is 23.8 Å². The van der Waals surface area contributed by atoms with Crippen molar-refractivity contribution in [3.8, 4) is 0 Å². The Hall–Kier alpha value is -0.690.